The van der Waals surface area contributed by atoms with Crippen LogP contribution in [0.15, 0.2) is 18.7 Å². The molecule has 1 atom stereocenters. The van der Waals surface area contributed by atoms with E-state index in [-0.39, 0.29) is 5.69 Å². The van der Waals surface area contributed by atoms with E-state index in [0.717, 1.165) is 0 Å². The molecule has 0 aromatic carbocycles. The molecular weight excluding hydrogens is 328 g/mol. The average Bonchev–Trinajstić information content (AvgIpc) is 3.02. The Kier molecular flexibility index (Phi) is 5.30. The van der Waals surface area contributed by atoms with Crippen LogP contribution in [-0.4, -0.2) is 49.5 Å². The van der Waals surface area contributed by atoms with Crippen molar-refractivity contribution in [1.82, 2.24) is 30.0 Å². The van der Waals surface area contributed by atoms with Crippen molar-refractivity contribution in [3.8, 4) is 5.82 Å². The molecule has 0 aliphatic rings. The molecule has 10 nitrogen and oxygen atoms in total. The molecule has 2 aromatic rings. The summed E-state index contributed by atoms with van der Waals surface area (Å²) in [5.41, 5.74) is -0.528. The Bertz CT molecular complexity index is 750. The summed E-state index contributed by atoms with van der Waals surface area (Å²) < 4.78 is 11.2. The van der Waals surface area contributed by atoms with Crippen LogP contribution in [0.25, 0.3) is 5.82 Å². The van der Waals surface area contributed by atoms with E-state index in [1.807, 2.05) is 0 Å². The van der Waals surface area contributed by atoms with Crippen molar-refractivity contribution in [2.45, 2.75) is 39.3 Å². The van der Waals surface area contributed by atoms with E-state index in [1.165, 1.54) is 30.5 Å². The number of methoxy groups -OCH3 is 1. The van der Waals surface area contributed by atoms with Gasteiger partial charge in [0.1, 0.15) is 11.9 Å². The maximum Gasteiger partial charge on any atom is 0.408 e. The molecule has 0 aliphatic carbocycles. The number of ether oxygens (including phenoxy) is 2. The normalized spacial score (nSPS) is 12.4. The number of nitrogens with zero attached hydrogens (tertiary/aromatic N) is 5. The third-order valence-corrected chi connectivity index (χ3v) is 2.94. The molecule has 1 amide bonds. The zero-order chi connectivity index (χ0) is 18.6. The smallest absolute Gasteiger partial charge is 0.408 e. The first-order valence-electron chi connectivity index (χ1n) is 7.51. The molecule has 0 radical (unpaired) electrons. The van der Waals surface area contributed by atoms with E-state index in [1.54, 1.807) is 27.7 Å². The molecule has 2 rings (SSSR count). The zero-order valence-corrected chi connectivity index (χ0v) is 14.7. The second-order valence-electron chi connectivity index (χ2n) is 6.15. The van der Waals surface area contributed by atoms with E-state index < -0.39 is 23.7 Å². The topological polar surface area (TPSA) is 121 Å². The van der Waals surface area contributed by atoms with Crippen molar-refractivity contribution in [3.63, 3.8) is 0 Å². The highest BCUT2D eigenvalue weighted by Gasteiger charge is 2.22. The van der Waals surface area contributed by atoms with Crippen molar-refractivity contribution < 1.29 is 19.1 Å². The predicted octanol–water partition coefficient (Wildman–Crippen LogP) is 1.43. The number of hydrogen-bond acceptors (Lipinski definition) is 8. The molecule has 0 saturated carbocycles. The van der Waals surface area contributed by atoms with Gasteiger partial charge in [-0.1, -0.05) is 0 Å². The number of rotatable bonds is 4. The summed E-state index contributed by atoms with van der Waals surface area (Å²) in [4.78, 5) is 35.5. The van der Waals surface area contributed by atoms with Crippen LogP contribution in [0.5, 0.6) is 0 Å². The summed E-state index contributed by atoms with van der Waals surface area (Å²) in [6, 6.07) is -0.487. The SMILES string of the molecule is COC(=O)c1cnc(-n2ncnc2[C@H](C)NC(=O)OC(C)(C)C)cn1. The molecule has 1 N–H and O–H groups in total. The number of aromatic nitrogens is 5. The Balaban J connectivity index is 2.16. The van der Waals surface area contributed by atoms with Crippen LogP contribution in [0.4, 0.5) is 4.79 Å². The average molecular weight is 348 g/mol. The van der Waals surface area contributed by atoms with Gasteiger partial charge in [-0.05, 0) is 27.7 Å². The summed E-state index contributed by atoms with van der Waals surface area (Å²) in [5.74, 6) is 0.196. The number of nitrogens with one attached hydrogen (secondary N) is 1. The Labute approximate surface area is 144 Å². The molecule has 0 saturated heterocycles. The van der Waals surface area contributed by atoms with E-state index in [4.69, 9.17) is 4.74 Å². The van der Waals surface area contributed by atoms with Gasteiger partial charge in [-0.25, -0.2) is 24.5 Å². The largest absolute Gasteiger partial charge is 0.464 e. The minimum absolute atomic E-state index is 0.0767. The number of amides is 1. The monoisotopic (exact) mass is 348 g/mol. The number of carbonyl (C=O) groups is 2. The molecular formula is C15H20N6O4. The minimum Gasteiger partial charge on any atom is -0.464 e. The van der Waals surface area contributed by atoms with Gasteiger partial charge >= 0.3 is 12.1 Å². The van der Waals surface area contributed by atoms with Crippen LogP contribution in [0.2, 0.25) is 0 Å². The highest BCUT2D eigenvalue weighted by atomic mass is 16.6. The van der Waals surface area contributed by atoms with E-state index in [0.29, 0.717) is 11.6 Å². The number of hydrogen-bond donors (Lipinski definition) is 1. The first-order chi connectivity index (χ1) is 11.7. The Morgan fingerprint density at radius 2 is 1.92 bits per heavy atom. The molecule has 0 fully saturated rings. The summed E-state index contributed by atoms with van der Waals surface area (Å²) in [7, 11) is 1.26. The van der Waals surface area contributed by atoms with Gasteiger partial charge in [0.2, 0.25) is 0 Å². The highest BCUT2D eigenvalue weighted by molar-refractivity contribution is 5.86. The van der Waals surface area contributed by atoms with Gasteiger partial charge in [0, 0.05) is 0 Å². The second kappa shape index (κ2) is 7.24. The van der Waals surface area contributed by atoms with Gasteiger partial charge in [-0.2, -0.15) is 9.78 Å². The molecule has 0 bridgehead atoms. The fourth-order valence-corrected chi connectivity index (χ4v) is 1.91. The lowest BCUT2D eigenvalue weighted by molar-refractivity contribution is 0.0504. The molecule has 134 valence electrons. The van der Waals surface area contributed by atoms with Gasteiger partial charge in [-0.15, -0.1) is 0 Å². The van der Waals surface area contributed by atoms with Crippen molar-refractivity contribution in [3.05, 3.63) is 30.2 Å². The van der Waals surface area contributed by atoms with Crippen LogP contribution in [0.3, 0.4) is 0 Å². The first kappa shape index (κ1) is 18.3. The molecule has 0 spiro atoms. The van der Waals surface area contributed by atoms with Gasteiger partial charge in [0.05, 0.1) is 25.5 Å². The van der Waals surface area contributed by atoms with Crippen LogP contribution in [0, 0.1) is 0 Å². The van der Waals surface area contributed by atoms with Crippen LogP contribution in [0.1, 0.15) is 50.0 Å². The molecule has 10 heteroatoms. The van der Waals surface area contributed by atoms with Crippen LogP contribution >= 0.6 is 0 Å². The maximum atomic E-state index is 11.9. The van der Waals surface area contributed by atoms with Gasteiger partial charge in [0.25, 0.3) is 0 Å². The first-order valence-corrected chi connectivity index (χ1v) is 7.51. The van der Waals surface area contributed by atoms with Crippen LogP contribution < -0.4 is 5.32 Å². The lowest BCUT2D eigenvalue weighted by Crippen LogP contribution is -2.35. The van der Waals surface area contributed by atoms with Gasteiger partial charge < -0.3 is 14.8 Å². The molecule has 0 aliphatic heterocycles. The fourth-order valence-electron chi connectivity index (χ4n) is 1.91. The molecule has 25 heavy (non-hydrogen) atoms. The van der Waals surface area contributed by atoms with Crippen molar-refractivity contribution >= 4 is 12.1 Å². The van der Waals surface area contributed by atoms with Crippen molar-refractivity contribution in [2.75, 3.05) is 7.11 Å². The minimum atomic E-state index is -0.604. The lowest BCUT2D eigenvalue weighted by atomic mass is 10.2. The van der Waals surface area contributed by atoms with E-state index in [9.17, 15) is 9.59 Å². The lowest BCUT2D eigenvalue weighted by Gasteiger charge is -2.21. The Morgan fingerprint density at radius 3 is 2.48 bits per heavy atom. The molecule has 2 heterocycles. The second-order valence-corrected chi connectivity index (χ2v) is 6.15. The molecule has 0 unspecified atom stereocenters. The standard InChI is InChI=1S/C15H20N6O4/c1-9(20-14(23)25-15(2,3)4)12-18-8-19-21(12)11-7-16-10(6-17-11)13(22)24-5/h6-9H,1-5H3,(H,20,23)/t9-/m0/s1. The highest BCUT2D eigenvalue weighted by Crippen LogP contribution is 2.14. The van der Waals surface area contributed by atoms with Crippen molar-refractivity contribution in [2.24, 2.45) is 0 Å². The summed E-state index contributed by atoms with van der Waals surface area (Å²) in [6.07, 6.45) is 3.41. The quantitative estimate of drug-likeness (QED) is 0.824. The Morgan fingerprint density at radius 1 is 1.20 bits per heavy atom. The third kappa shape index (κ3) is 4.72. The summed E-state index contributed by atoms with van der Waals surface area (Å²) in [5, 5.41) is 6.76. The summed E-state index contributed by atoms with van der Waals surface area (Å²) in [6.45, 7) is 7.06. The third-order valence-electron chi connectivity index (χ3n) is 2.94. The van der Waals surface area contributed by atoms with E-state index in [2.05, 4.69) is 30.1 Å². The number of esters is 1. The van der Waals surface area contributed by atoms with Gasteiger partial charge in [-0.3, -0.25) is 0 Å². The predicted molar refractivity (Wildman–Crippen MR) is 86.1 cm³/mol. The Hall–Kier alpha value is -3.04. The fraction of sp³-hybridized carbons (Fsp3) is 0.467. The van der Waals surface area contributed by atoms with Crippen LogP contribution in [-0.2, 0) is 9.47 Å². The molecule has 2 aromatic heterocycles. The summed E-state index contributed by atoms with van der Waals surface area (Å²) >= 11 is 0. The van der Waals surface area contributed by atoms with Crippen molar-refractivity contribution in [1.29, 1.82) is 0 Å². The number of alkyl carbamates (subject to hydrolysis) is 1. The zero-order valence-electron chi connectivity index (χ0n) is 14.7. The number of carbonyl (C=O) groups excluding carboxylic acids is 2. The maximum absolute atomic E-state index is 11.9. The van der Waals surface area contributed by atoms with Gasteiger partial charge in [0.15, 0.2) is 17.3 Å². The van der Waals surface area contributed by atoms with E-state index >= 15 is 0 Å².